The zero-order chi connectivity index (χ0) is 22.2. The van der Waals surface area contributed by atoms with E-state index in [4.69, 9.17) is 2.82 Å². The molecule has 1 amide bonds. The number of rotatable bonds is 5. The predicted molar refractivity (Wildman–Crippen MR) is 83.1 cm³/mol. The Bertz CT molecular complexity index is 951. The largest absolute Gasteiger partial charge is 0.451 e. The third-order valence-electron chi connectivity index (χ3n) is 4.31. The lowest BCUT2D eigenvalue weighted by Crippen LogP contribution is -2.42. The third kappa shape index (κ3) is 4.11. The van der Waals surface area contributed by atoms with Gasteiger partial charge in [0.1, 0.15) is 8.64 Å². The highest BCUT2D eigenvalue weighted by molar-refractivity contribution is 5.76. The summed E-state index contributed by atoms with van der Waals surface area (Å²) in [7, 11) is 0. The van der Waals surface area contributed by atoms with E-state index in [1.807, 2.05) is 0 Å². The monoisotopic (exact) mass is 409 g/mol. The van der Waals surface area contributed by atoms with Gasteiger partial charge < -0.3 is 15.2 Å². The molecule has 12 heteroatoms. The van der Waals surface area contributed by atoms with Crippen LogP contribution in [0, 0.1) is 17.5 Å². The molecule has 2 aromatic rings. The average molecular weight is 409 g/mol. The molecule has 152 valence electrons. The average Bonchev–Trinajstić information content (AvgIpc) is 3.08. The number of hydrogen-bond acceptors (Lipinski definition) is 4. The van der Waals surface area contributed by atoms with Crippen LogP contribution in [0.15, 0.2) is 12.1 Å². The second-order valence-corrected chi connectivity index (χ2v) is 6.32. The zero-order valence-corrected chi connectivity index (χ0v) is 14.2. The van der Waals surface area contributed by atoms with Crippen molar-refractivity contribution in [2.24, 2.45) is 5.72 Å². The maximum Gasteiger partial charge on any atom is 0.451 e. The Hall–Kier alpha value is -2.63. The summed E-state index contributed by atoms with van der Waals surface area (Å²) in [6.45, 7) is -0.545. The van der Waals surface area contributed by atoms with Gasteiger partial charge in [0, 0.05) is 31.6 Å². The molecule has 0 bridgehead atoms. The van der Waals surface area contributed by atoms with Gasteiger partial charge in [-0.05, 0) is 18.1 Å². The number of hydrogen-bond donors (Lipinski definition) is 1. The highest BCUT2D eigenvalue weighted by atomic mass is 19.4. The minimum absolute atomic E-state index is 0.0706. The molecule has 1 aromatic carbocycles. The number of carbonyl (C=O) groups excluding carboxylic acids is 1. The number of amides is 1. The van der Waals surface area contributed by atoms with Crippen LogP contribution in [0.5, 0.6) is 0 Å². The Morgan fingerprint density at radius 1 is 1.18 bits per heavy atom. The van der Waals surface area contributed by atoms with Crippen molar-refractivity contribution >= 4 is 5.91 Å². The molecule has 0 spiro atoms. The smallest absolute Gasteiger partial charge is 0.333 e. The van der Waals surface area contributed by atoms with Gasteiger partial charge in [0.15, 0.2) is 17.5 Å². The highest BCUT2D eigenvalue weighted by Gasteiger charge is 2.39. The Labute approximate surface area is 157 Å². The van der Waals surface area contributed by atoms with Crippen molar-refractivity contribution < 1.29 is 34.0 Å². The van der Waals surface area contributed by atoms with Crippen LogP contribution in [0.1, 0.15) is 23.6 Å². The van der Waals surface area contributed by atoms with Gasteiger partial charge >= 0.3 is 6.18 Å². The van der Waals surface area contributed by atoms with E-state index in [2.05, 4.69) is 10.2 Å². The number of halogens is 6. The molecule has 0 radical (unpaired) electrons. The molecule has 0 fully saturated rings. The molecule has 1 atom stereocenters. The van der Waals surface area contributed by atoms with Crippen LogP contribution in [-0.4, -0.2) is 38.2 Å². The van der Waals surface area contributed by atoms with Crippen LogP contribution in [-0.2, 0) is 30.5 Å². The summed E-state index contributed by atoms with van der Waals surface area (Å²) in [4.78, 5) is 13.7. The van der Waals surface area contributed by atoms with Gasteiger partial charge in [0.25, 0.3) is 0 Å². The number of carbonyl (C=O) groups is 1. The normalized spacial score (nSPS) is 16.6. The SMILES string of the molecule is [2H]N([2H])[C@@H](CC(=O)N1CCn2c(nnc2C(F)(F)F)C1)Cc1cc(F)c(F)cc1F. The Balaban J connectivity index is 1.71. The van der Waals surface area contributed by atoms with Crippen molar-refractivity contribution in [1.82, 2.24) is 19.7 Å². The maximum absolute atomic E-state index is 13.9. The van der Waals surface area contributed by atoms with E-state index in [0.717, 1.165) is 4.57 Å². The Morgan fingerprint density at radius 3 is 2.57 bits per heavy atom. The van der Waals surface area contributed by atoms with Gasteiger partial charge in [0.05, 0.1) is 6.54 Å². The topological polar surface area (TPSA) is 77.0 Å². The molecular formula is C16H15F6N5O. The minimum atomic E-state index is -4.69. The van der Waals surface area contributed by atoms with Gasteiger partial charge in [-0.3, -0.25) is 4.79 Å². The van der Waals surface area contributed by atoms with Crippen LogP contribution >= 0.6 is 0 Å². The molecule has 2 N–H and O–H groups in total. The van der Waals surface area contributed by atoms with Gasteiger partial charge in [-0.25, -0.2) is 13.2 Å². The summed E-state index contributed by atoms with van der Waals surface area (Å²) < 4.78 is 94.7. The molecular weight excluding hydrogens is 392 g/mol. The van der Waals surface area contributed by atoms with E-state index < -0.39 is 54.2 Å². The van der Waals surface area contributed by atoms with Gasteiger partial charge in [-0.15, -0.1) is 10.2 Å². The molecule has 0 saturated heterocycles. The summed E-state index contributed by atoms with van der Waals surface area (Å²) in [5.74, 6) is -5.64. The number of fused-ring (bicyclic) bond motifs is 1. The first kappa shape index (κ1) is 17.5. The van der Waals surface area contributed by atoms with Crippen molar-refractivity contribution in [3.05, 3.63) is 46.8 Å². The van der Waals surface area contributed by atoms with Crippen LogP contribution in [0.2, 0.25) is 2.82 Å². The quantitative estimate of drug-likeness (QED) is 0.606. The summed E-state index contributed by atoms with van der Waals surface area (Å²) in [6.07, 6.45) is -5.58. The van der Waals surface area contributed by atoms with Gasteiger partial charge in [0.2, 0.25) is 11.7 Å². The zero-order valence-electron chi connectivity index (χ0n) is 16.2. The molecule has 0 unspecified atom stereocenters. The fourth-order valence-electron chi connectivity index (χ4n) is 2.96. The second kappa shape index (κ2) is 7.41. The fourth-order valence-corrected chi connectivity index (χ4v) is 2.96. The number of benzene rings is 1. The summed E-state index contributed by atoms with van der Waals surface area (Å²) in [5, 5.41) is 6.56. The molecule has 6 nitrogen and oxygen atoms in total. The Kier molecular flexibility index (Phi) is 4.63. The van der Waals surface area contributed by atoms with Crippen LogP contribution < -0.4 is 5.72 Å². The van der Waals surface area contributed by atoms with Crippen molar-refractivity contribution in [3.63, 3.8) is 0 Å². The number of alkyl halides is 3. The number of nitrogens with zero attached hydrogens (tertiary/aromatic N) is 4. The molecule has 0 saturated carbocycles. The van der Waals surface area contributed by atoms with Crippen molar-refractivity contribution in [2.75, 3.05) is 6.54 Å². The van der Waals surface area contributed by atoms with E-state index in [0.29, 0.717) is 12.1 Å². The summed E-state index contributed by atoms with van der Waals surface area (Å²) in [5.41, 5.74) is -0.170. The molecule has 1 aliphatic rings. The first-order chi connectivity index (χ1) is 14.0. The molecule has 0 aliphatic carbocycles. The predicted octanol–water partition coefficient (Wildman–Crippen LogP) is 2.02. The van der Waals surface area contributed by atoms with E-state index in [1.54, 1.807) is 0 Å². The lowest BCUT2D eigenvalue weighted by Gasteiger charge is -2.29. The van der Waals surface area contributed by atoms with Crippen molar-refractivity contribution in [1.29, 1.82) is 0 Å². The Morgan fingerprint density at radius 2 is 1.89 bits per heavy atom. The van der Waals surface area contributed by atoms with Crippen LogP contribution in [0.4, 0.5) is 26.3 Å². The van der Waals surface area contributed by atoms with Crippen LogP contribution in [0.25, 0.3) is 0 Å². The number of aromatic nitrogens is 3. The lowest BCUT2D eigenvalue weighted by atomic mass is 10.0. The van der Waals surface area contributed by atoms with Gasteiger partial charge in [-0.2, -0.15) is 13.2 Å². The lowest BCUT2D eigenvalue weighted by molar-refractivity contribution is -0.148. The van der Waals surface area contributed by atoms with Crippen molar-refractivity contribution in [2.45, 2.75) is 38.1 Å². The molecule has 3 rings (SSSR count). The molecule has 1 aliphatic heterocycles. The second-order valence-electron chi connectivity index (χ2n) is 6.32. The number of nitrogens with two attached hydrogens (primary N) is 1. The molecule has 2 heterocycles. The standard InChI is InChI=1S/C16H15F6N5O/c17-10-6-12(19)11(18)4-8(10)3-9(23)5-14(28)26-1-2-27-13(7-26)24-25-15(27)16(20,21)22/h4,6,9H,1-3,5,7,23H2/t9-/m1/s1/i/hD2. The van der Waals surface area contributed by atoms with E-state index in [1.165, 1.54) is 4.90 Å². The highest BCUT2D eigenvalue weighted by Crippen LogP contribution is 2.29. The molecule has 1 aromatic heterocycles. The maximum atomic E-state index is 13.9. The van der Waals surface area contributed by atoms with E-state index in [-0.39, 0.29) is 36.7 Å². The van der Waals surface area contributed by atoms with Crippen molar-refractivity contribution in [3.8, 4) is 0 Å². The van der Waals surface area contributed by atoms with Gasteiger partial charge in [-0.1, -0.05) is 0 Å². The first-order valence-electron chi connectivity index (χ1n) is 9.04. The third-order valence-corrected chi connectivity index (χ3v) is 4.31. The summed E-state index contributed by atoms with van der Waals surface area (Å²) >= 11 is 0. The summed E-state index contributed by atoms with van der Waals surface area (Å²) in [6, 6.07) is -0.284. The molecule has 28 heavy (non-hydrogen) atoms. The first-order valence-corrected chi connectivity index (χ1v) is 8.14. The van der Waals surface area contributed by atoms with E-state index >= 15 is 0 Å². The van der Waals surface area contributed by atoms with Crippen LogP contribution in [0.3, 0.4) is 0 Å². The van der Waals surface area contributed by atoms with E-state index in [9.17, 15) is 31.1 Å². The minimum Gasteiger partial charge on any atom is -0.333 e. The fraction of sp³-hybridized carbons (Fsp3) is 0.438.